The normalized spacial score (nSPS) is 19.8. The molecule has 5 heterocycles. The molecular weight excluding hydrogens is 876 g/mol. The minimum Gasteiger partial charge on any atom is -0.490 e. The highest BCUT2D eigenvalue weighted by Gasteiger charge is 2.49. The lowest BCUT2D eigenvalue weighted by atomic mass is 9.95. The predicted molar refractivity (Wildman–Crippen MR) is 252 cm³/mol. The van der Waals surface area contributed by atoms with E-state index in [1.165, 1.54) is 12.3 Å². The second kappa shape index (κ2) is 20.6. The van der Waals surface area contributed by atoms with Gasteiger partial charge in [0.05, 0.1) is 36.8 Å². The van der Waals surface area contributed by atoms with Gasteiger partial charge >= 0.3 is 12.1 Å². The number of halogens is 3. The zero-order valence-electron chi connectivity index (χ0n) is 38.9. The standard InChI is InChI=1S/C53H58F3N5O7/c1-52(2,3)68-51(62)60-22-11-10-18-39(31-60)63-24-13-25-64-48-43(55)20-19-37-26-40(65-32-35-14-6-4-7-15-35)27-41(44(37)48)46-45(56)47-42(29-57-46)49(66-33-36-16-8-5-9-17-36)59-50(58-47)67-34-53-21-12-23-61(53)30-38(54)28-53/h4-9,14-17,19-20,26-27,29,38-39H,10-13,18,21-25,28,30-34H2,1-3H3/t38-,39-,53+/m1/s1. The first-order valence-electron chi connectivity index (χ1n) is 23.6. The average Bonchev–Trinajstić information content (AvgIpc) is 3.74. The largest absolute Gasteiger partial charge is 0.490 e. The van der Waals surface area contributed by atoms with Crippen LogP contribution in [-0.4, -0.2) is 100 Å². The Kier molecular flexibility index (Phi) is 14.2. The molecule has 12 nitrogen and oxygen atoms in total. The Labute approximate surface area is 394 Å². The van der Waals surface area contributed by atoms with Crippen molar-refractivity contribution in [2.75, 3.05) is 46.0 Å². The molecule has 1 amide bonds. The van der Waals surface area contributed by atoms with Crippen molar-refractivity contribution in [3.05, 3.63) is 114 Å². The molecule has 3 aliphatic rings. The van der Waals surface area contributed by atoms with Crippen LogP contribution in [0.15, 0.2) is 91.1 Å². The van der Waals surface area contributed by atoms with Gasteiger partial charge in [-0.2, -0.15) is 9.97 Å². The van der Waals surface area contributed by atoms with E-state index >= 15 is 8.78 Å². The summed E-state index contributed by atoms with van der Waals surface area (Å²) >= 11 is 0. The molecule has 15 heteroatoms. The van der Waals surface area contributed by atoms with Crippen LogP contribution in [-0.2, 0) is 22.7 Å². The minimum absolute atomic E-state index is 0.0610. The van der Waals surface area contributed by atoms with Crippen molar-refractivity contribution in [2.45, 2.75) is 102 Å². The highest BCUT2D eigenvalue weighted by atomic mass is 19.1. The second-order valence-electron chi connectivity index (χ2n) is 19.0. The van der Waals surface area contributed by atoms with E-state index in [2.05, 4.69) is 19.9 Å². The van der Waals surface area contributed by atoms with E-state index in [1.807, 2.05) is 81.4 Å². The van der Waals surface area contributed by atoms with Crippen molar-refractivity contribution >= 4 is 27.8 Å². The Balaban J connectivity index is 1.03. The van der Waals surface area contributed by atoms with E-state index in [0.717, 1.165) is 49.8 Å². The Bertz CT molecular complexity index is 2710. The first-order valence-corrected chi connectivity index (χ1v) is 23.6. The summed E-state index contributed by atoms with van der Waals surface area (Å²) in [5.41, 5.74) is 0.625. The van der Waals surface area contributed by atoms with Gasteiger partial charge in [0, 0.05) is 43.1 Å². The third kappa shape index (κ3) is 10.9. The summed E-state index contributed by atoms with van der Waals surface area (Å²) in [6.45, 7) is 8.50. The number of ether oxygens (including phenoxy) is 6. The van der Waals surface area contributed by atoms with Gasteiger partial charge in [-0.1, -0.05) is 66.7 Å². The van der Waals surface area contributed by atoms with Gasteiger partial charge in [0.1, 0.15) is 48.6 Å². The first-order chi connectivity index (χ1) is 32.9. The molecule has 0 N–H and O–H groups in total. The summed E-state index contributed by atoms with van der Waals surface area (Å²) in [5, 5.41) is 1.02. The molecule has 3 aliphatic heterocycles. The van der Waals surface area contributed by atoms with Gasteiger partial charge in [0.25, 0.3) is 0 Å². The molecule has 0 bridgehead atoms. The molecule has 4 aromatic carbocycles. The summed E-state index contributed by atoms with van der Waals surface area (Å²) < 4.78 is 85.4. The topological polar surface area (TPSA) is 118 Å². The smallest absolute Gasteiger partial charge is 0.410 e. The molecule has 3 saturated heterocycles. The van der Waals surface area contributed by atoms with E-state index in [4.69, 9.17) is 28.4 Å². The van der Waals surface area contributed by atoms with Gasteiger partial charge in [-0.25, -0.2) is 18.0 Å². The Morgan fingerprint density at radius 2 is 1.60 bits per heavy atom. The number of aromatic nitrogens is 3. The lowest BCUT2D eigenvalue weighted by molar-refractivity contribution is -0.000906. The molecule has 0 spiro atoms. The molecule has 2 aromatic heterocycles. The fraction of sp³-hybridized carbons (Fsp3) is 0.434. The number of benzene rings is 4. The minimum atomic E-state index is -0.966. The van der Waals surface area contributed by atoms with Gasteiger partial charge in [-0.15, -0.1) is 0 Å². The summed E-state index contributed by atoms with van der Waals surface area (Å²) in [6, 6.07) is 25.3. The van der Waals surface area contributed by atoms with Crippen molar-refractivity contribution < 1.29 is 46.4 Å². The molecular formula is C53H58F3N5O7. The molecule has 358 valence electrons. The van der Waals surface area contributed by atoms with Crippen LogP contribution in [0.4, 0.5) is 18.0 Å². The van der Waals surface area contributed by atoms with E-state index in [-0.39, 0.29) is 83.8 Å². The molecule has 0 saturated carbocycles. The summed E-state index contributed by atoms with van der Waals surface area (Å²) in [4.78, 5) is 30.6. The number of amides is 1. The number of carbonyl (C=O) groups is 1. The van der Waals surface area contributed by atoms with Gasteiger partial charge < -0.3 is 33.3 Å². The number of rotatable bonds is 16. The lowest BCUT2D eigenvalue weighted by Crippen LogP contribution is -2.43. The van der Waals surface area contributed by atoms with Gasteiger partial charge in [-0.05, 0) is 94.1 Å². The second-order valence-corrected chi connectivity index (χ2v) is 19.0. The fourth-order valence-electron chi connectivity index (χ4n) is 9.49. The highest BCUT2D eigenvalue weighted by molar-refractivity contribution is 6.03. The monoisotopic (exact) mass is 933 g/mol. The van der Waals surface area contributed by atoms with Crippen molar-refractivity contribution in [1.82, 2.24) is 24.8 Å². The predicted octanol–water partition coefficient (Wildman–Crippen LogP) is 10.8. The fourth-order valence-corrected chi connectivity index (χ4v) is 9.49. The van der Waals surface area contributed by atoms with Crippen LogP contribution in [0.25, 0.3) is 32.9 Å². The number of hydrogen-bond acceptors (Lipinski definition) is 11. The number of carbonyl (C=O) groups excluding carboxylic acids is 1. The SMILES string of the molecule is CC(C)(C)OC(=O)N1CCCC[C@@H](OCCCOc2c(F)ccc3cc(OCc4ccccc4)cc(-c4ncc5c(OCc6ccccc6)nc(OC[C@@]67CCCN6C[C@H](F)C7)nc5c4F)c23)C1. The number of nitrogens with zero attached hydrogens (tertiary/aromatic N) is 5. The zero-order chi connectivity index (χ0) is 47.3. The van der Waals surface area contributed by atoms with E-state index in [0.29, 0.717) is 50.2 Å². The Morgan fingerprint density at radius 3 is 2.37 bits per heavy atom. The lowest BCUT2D eigenvalue weighted by Gasteiger charge is -2.30. The average molecular weight is 934 g/mol. The molecule has 9 rings (SSSR count). The van der Waals surface area contributed by atoms with Crippen LogP contribution in [0.1, 0.15) is 76.8 Å². The van der Waals surface area contributed by atoms with E-state index < -0.39 is 28.9 Å². The summed E-state index contributed by atoms with van der Waals surface area (Å²) in [7, 11) is 0. The molecule has 0 radical (unpaired) electrons. The van der Waals surface area contributed by atoms with Crippen molar-refractivity contribution in [1.29, 1.82) is 0 Å². The maximum absolute atomic E-state index is 17.6. The summed E-state index contributed by atoms with van der Waals surface area (Å²) in [5.74, 6) is -1.09. The van der Waals surface area contributed by atoms with Gasteiger partial charge in [0.2, 0.25) is 5.88 Å². The summed E-state index contributed by atoms with van der Waals surface area (Å²) in [6.07, 6.45) is 4.89. The van der Waals surface area contributed by atoms with Gasteiger partial charge in [0.15, 0.2) is 17.4 Å². The highest BCUT2D eigenvalue weighted by Crippen LogP contribution is 2.43. The number of hydrogen-bond donors (Lipinski definition) is 0. The molecule has 68 heavy (non-hydrogen) atoms. The third-order valence-electron chi connectivity index (χ3n) is 12.7. The van der Waals surface area contributed by atoms with E-state index in [1.54, 1.807) is 23.1 Å². The maximum Gasteiger partial charge on any atom is 0.410 e. The van der Waals surface area contributed by atoms with Gasteiger partial charge in [-0.3, -0.25) is 9.88 Å². The molecule has 0 aliphatic carbocycles. The zero-order valence-corrected chi connectivity index (χ0v) is 38.9. The first kappa shape index (κ1) is 46.9. The third-order valence-corrected chi connectivity index (χ3v) is 12.7. The molecule has 6 aromatic rings. The maximum atomic E-state index is 17.6. The molecule has 0 unspecified atom stereocenters. The van der Waals surface area contributed by atoms with Crippen LogP contribution in [0.2, 0.25) is 0 Å². The number of likely N-dealkylation sites (tertiary alicyclic amines) is 1. The number of alkyl halides is 1. The van der Waals surface area contributed by atoms with Crippen molar-refractivity contribution in [3.63, 3.8) is 0 Å². The van der Waals surface area contributed by atoms with Crippen LogP contribution >= 0.6 is 0 Å². The Morgan fingerprint density at radius 1 is 0.838 bits per heavy atom. The Hall–Kier alpha value is -6.19. The molecule has 3 atom stereocenters. The van der Waals surface area contributed by atoms with Crippen LogP contribution < -0.4 is 18.9 Å². The molecule has 3 fully saturated rings. The van der Waals surface area contributed by atoms with Crippen LogP contribution in [0.3, 0.4) is 0 Å². The number of pyridine rings is 1. The van der Waals surface area contributed by atoms with Crippen LogP contribution in [0, 0.1) is 11.6 Å². The quantitative estimate of drug-likeness (QED) is 0.0863. The van der Waals surface area contributed by atoms with E-state index in [9.17, 15) is 9.18 Å². The van der Waals surface area contributed by atoms with Crippen LogP contribution in [0.5, 0.6) is 23.4 Å². The van der Waals surface area contributed by atoms with Crippen molar-refractivity contribution in [3.8, 4) is 34.6 Å². The number of fused-ring (bicyclic) bond motifs is 3. The van der Waals surface area contributed by atoms with Crippen molar-refractivity contribution in [2.24, 2.45) is 0 Å².